The van der Waals surface area contributed by atoms with E-state index < -0.39 is 0 Å². The Morgan fingerprint density at radius 3 is 2.24 bits per heavy atom. The predicted molar refractivity (Wildman–Crippen MR) is 85.2 cm³/mol. The van der Waals surface area contributed by atoms with Gasteiger partial charge in [0.05, 0.1) is 18.1 Å². The molecular weight excluding hydrogens is 264 g/mol. The second kappa shape index (κ2) is 7.10. The number of amides is 1. The van der Waals surface area contributed by atoms with E-state index in [1.165, 1.54) is 12.8 Å². The largest absolute Gasteiger partial charge is 0.374 e. The van der Waals surface area contributed by atoms with Gasteiger partial charge in [-0.3, -0.25) is 4.79 Å². The van der Waals surface area contributed by atoms with Crippen molar-refractivity contribution in [1.29, 1.82) is 0 Å². The van der Waals surface area contributed by atoms with E-state index in [4.69, 9.17) is 4.74 Å². The van der Waals surface area contributed by atoms with Gasteiger partial charge in [0.25, 0.3) is 0 Å². The maximum atomic E-state index is 12.8. The fourth-order valence-electron chi connectivity index (χ4n) is 4.06. The van der Waals surface area contributed by atoms with E-state index in [1.54, 1.807) is 0 Å². The van der Waals surface area contributed by atoms with Crippen molar-refractivity contribution in [3.8, 4) is 0 Å². The maximum absolute atomic E-state index is 12.8. The topological polar surface area (TPSA) is 41.6 Å². The van der Waals surface area contributed by atoms with Gasteiger partial charge in [-0.05, 0) is 52.0 Å². The van der Waals surface area contributed by atoms with Crippen LogP contribution in [0.25, 0.3) is 0 Å². The smallest absolute Gasteiger partial charge is 0.228 e. The average Bonchev–Trinajstić information content (AvgIpc) is 2.72. The fraction of sp³-hybridized carbons (Fsp3) is 0.941. The number of hydrogen-bond acceptors (Lipinski definition) is 3. The first-order valence-corrected chi connectivity index (χ1v) is 8.61. The standard InChI is InChI=1S/C17H32N2O2/c1-6-18-14-7-9-15(10-8-14)19(5)17(20)16-11(2)12(3)21-13(16)4/h11-16,18H,6-10H2,1-5H3. The lowest BCUT2D eigenvalue weighted by atomic mass is 9.86. The number of hydrogen-bond donors (Lipinski definition) is 1. The van der Waals surface area contributed by atoms with Crippen LogP contribution in [-0.4, -0.2) is 48.7 Å². The van der Waals surface area contributed by atoms with Gasteiger partial charge in [0.1, 0.15) is 0 Å². The molecule has 0 spiro atoms. The zero-order chi connectivity index (χ0) is 15.6. The molecule has 4 nitrogen and oxygen atoms in total. The van der Waals surface area contributed by atoms with Gasteiger partial charge >= 0.3 is 0 Å². The highest BCUT2D eigenvalue weighted by Gasteiger charge is 2.43. The van der Waals surface area contributed by atoms with Crippen LogP contribution in [0, 0.1) is 11.8 Å². The quantitative estimate of drug-likeness (QED) is 0.866. The molecule has 0 bridgehead atoms. The Labute approximate surface area is 129 Å². The van der Waals surface area contributed by atoms with Crippen LogP contribution >= 0.6 is 0 Å². The molecule has 0 aromatic rings. The zero-order valence-electron chi connectivity index (χ0n) is 14.3. The lowest BCUT2D eigenvalue weighted by Gasteiger charge is -2.37. The van der Waals surface area contributed by atoms with Crippen LogP contribution in [0.5, 0.6) is 0 Å². The zero-order valence-corrected chi connectivity index (χ0v) is 14.3. The van der Waals surface area contributed by atoms with Crippen LogP contribution in [-0.2, 0) is 9.53 Å². The Bertz CT molecular complexity index is 353. The van der Waals surface area contributed by atoms with Gasteiger partial charge in [-0.25, -0.2) is 0 Å². The molecule has 4 heteroatoms. The van der Waals surface area contributed by atoms with Crippen molar-refractivity contribution in [2.75, 3.05) is 13.6 Å². The maximum Gasteiger partial charge on any atom is 0.228 e. The molecule has 2 fully saturated rings. The van der Waals surface area contributed by atoms with Gasteiger partial charge in [0, 0.05) is 19.1 Å². The molecule has 0 aromatic heterocycles. The molecular formula is C17H32N2O2. The molecule has 122 valence electrons. The van der Waals surface area contributed by atoms with E-state index >= 15 is 0 Å². The number of rotatable bonds is 4. The summed E-state index contributed by atoms with van der Waals surface area (Å²) in [6.45, 7) is 9.46. The van der Waals surface area contributed by atoms with Gasteiger partial charge < -0.3 is 15.0 Å². The van der Waals surface area contributed by atoms with E-state index in [2.05, 4.69) is 26.1 Å². The van der Waals surface area contributed by atoms with Gasteiger partial charge in [-0.15, -0.1) is 0 Å². The van der Waals surface area contributed by atoms with Crippen molar-refractivity contribution in [1.82, 2.24) is 10.2 Å². The number of ether oxygens (including phenoxy) is 1. The van der Waals surface area contributed by atoms with Crippen LogP contribution < -0.4 is 5.32 Å². The summed E-state index contributed by atoms with van der Waals surface area (Å²) in [4.78, 5) is 14.9. The van der Waals surface area contributed by atoms with Crippen LogP contribution in [0.15, 0.2) is 0 Å². The van der Waals surface area contributed by atoms with Crippen molar-refractivity contribution in [2.24, 2.45) is 11.8 Å². The molecule has 1 aliphatic heterocycles. The highest BCUT2D eigenvalue weighted by molar-refractivity contribution is 5.80. The van der Waals surface area contributed by atoms with Crippen LogP contribution in [0.3, 0.4) is 0 Å². The summed E-state index contributed by atoms with van der Waals surface area (Å²) in [5.41, 5.74) is 0. The summed E-state index contributed by atoms with van der Waals surface area (Å²) in [6.07, 6.45) is 4.82. The van der Waals surface area contributed by atoms with Gasteiger partial charge in [0.2, 0.25) is 5.91 Å². The van der Waals surface area contributed by atoms with E-state index in [9.17, 15) is 4.79 Å². The molecule has 21 heavy (non-hydrogen) atoms. The van der Waals surface area contributed by atoms with Crippen molar-refractivity contribution in [2.45, 2.75) is 77.7 Å². The summed E-state index contributed by atoms with van der Waals surface area (Å²) in [6, 6.07) is 1.05. The van der Waals surface area contributed by atoms with Crippen LogP contribution in [0.2, 0.25) is 0 Å². The Morgan fingerprint density at radius 2 is 1.76 bits per heavy atom. The van der Waals surface area contributed by atoms with Gasteiger partial charge in [-0.2, -0.15) is 0 Å². The van der Waals surface area contributed by atoms with Crippen molar-refractivity contribution in [3.63, 3.8) is 0 Å². The second-order valence-corrected chi connectivity index (χ2v) is 6.94. The Kier molecular flexibility index (Phi) is 5.67. The summed E-state index contributed by atoms with van der Waals surface area (Å²) in [7, 11) is 1.99. The lowest BCUT2D eigenvalue weighted by molar-refractivity contribution is -0.139. The predicted octanol–water partition coefficient (Wildman–Crippen LogP) is 2.42. The minimum Gasteiger partial charge on any atom is -0.374 e. The Hall–Kier alpha value is -0.610. The SMILES string of the molecule is CCNC1CCC(N(C)C(=O)C2C(C)OC(C)C2C)CC1. The van der Waals surface area contributed by atoms with Gasteiger partial charge in [0.15, 0.2) is 0 Å². The molecule has 2 aliphatic rings. The third-order valence-corrected chi connectivity index (χ3v) is 5.61. The number of nitrogens with one attached hydrogen (secondary N) is 1. The first-order chi connectivity index (χ1) is 9.95. The summed E-state index contributed by atoms with van der Waals surface area (Å²) < 4.78 is 5.84. The molecule has 0 aromatic carbocycles. The molecule has 4 unspecified atom stereocenters. The van der Waals surface area contributed by atoms with Crippen molar-refractivity contribution < 1.29 is 9.53 Å². The van der Waals surface area contributed by atoms with E-state index in [1.807, 2.05) is 18.9 Å². The number of nitrogens with zero attached hydrogens (tertiary/aromatic N) is 1. The first kappa shape index (κ1) is 16.8. The molecule has 1 aliphatic carbocycles. The third kappa shape index (κ3) is 3.59. The molecule has 2 rings (SSSR count). The molecule has 1 N–H and O–H groups in total. The van der Waals surface area contributed by atoms with E-state index in [-0.39, 0.29) is 24.0 Å². The summed E-state index contributed by atoms with van der Waals surface area (Å²) in [5, 5.41) is 3.52. The van der Waals surface area contributed by atoms with Gasteiger partial charge in [-0.1, -0.05) is 13.8 Å². The molecule has 1 saturated carbocycles. The summed E-state index contributed by atoms with van der Waals surface area (Å²) in [5.74, 6) is 0.621. The highest BCUT2D eigenvalue weighted by atomic mass is 16.5. The Morgan fingerprint density at radius 1 is 1.14 bits per heavy atom. The summed E-state index contributed by atoms with van der Waals surface area (Å²) >= 11 is 0. The minimum atomic E-state index is 0.0245. The number of carbonyl (C=O) groups excluding carboxylic acids is 1. The normalized spacial score (nSPS) is 40.2. The van der Waals surface area contributed by atoms with Crippen molar-refractivity contribution >= 4 is 5.91 Å². The molecule has 1 amide bonds. The fourth-order valence-corrected chi connectivity index (χ4v) is 4.06. The molecule has 4 atom stereocenters. The number of carbonyl (C=O) groups is 1. The first-order valence-electron chi connectivity index (χ1n) is 8.61. The monoisotopic (exact) mass is 296 g/mol. The molecule has 0 radical (unpaired) electrons. The average molecular weight is 296 g/mol. The van der Waals surface area contributed by atoms with E-state index in [0.717, 1.165) is 19.4 Å². The van der Waals surface area contributed by atoms with Crippen molar-refractivity contribution in [3.05, 3.63) is 0 Å². The molecule has 1 saturated heterocycles. The lowest BCUT2D eigenvalue weighted by Crippen LogP contribution is -2.47. The highest BCUT2D eigenvalue weighted by Crippen LogP contribution is 2.34. The van der Waals surface area contributed by atoms with Crippen LogP contribution in [0.1, 0.15) is 53.4 Å². The molecule has 1 heterocycles. The van der Waals surface area contributed by atoms with Crippen LogP contribution in [0.4, 0.5) is 0 Å². The minimum absolute atomic E-state index is 0.0245. The second-order valence-electron chi connectivity index (χ2n) is 6.94. The Balaban J connectivity index is 1.91. The van der Waals surface area contributed by atoms with E-state index in [0.29, 0.717) is 18.0 Å². The third-order valence-electron chi connectivity index (χ3n) is 5.61.